The van der Waals surface area contributed by atoms with E-state index in [2.05, 4.69) is 23.0 Å². The zero-order chi connectivity index (χ0) is 13.7. The van der Waals surface area contributed by atoms with Crippen molar-refractivity contribution in [1.29, 1.82) is 0 Å². The maximum atomic E-state index is 5.93. The quantitative estimate of drug-likeness (QED) is 0.919. The molecule has 5 rings (SSSR count). The Morgan fingerprint density at radius 3 is 2.35 bits per heavy atom. The molecule has 4 aliphatic carbocycles. The highest BCUT2D eigenvalue weighted by molar-refractivity contribution is 5.54. The SMILES string of the molecule is CN(c1cnccc1CN)C12CC3CC(CC(C3)C1)C2. The van der Waals surface area contributed by atoms with E-state index >= 15 is 0 Å². The van der Waals surface area contributed by atoms with Crippen LogP contribution in [-0.2, 0) is 6.54 Å². The lowest BCUT2D eigenvalue weighted by Gasteiger charge is -2.60. The van der Waals surface area contributed by atoms with Gasteiger partial charge in [0.05, 0.1) is 11.9 Å². The van der Waals surface area contributed by atoms with Gasteiger partial charge in [-0.25, -0.2) is 0 Å². The van der Waals surface area contributed by atoms with Gasteiger partial charge in [-0.2, -0.15) is 0 Å². The predicted molar refractivity (Wildman–Crippen MR) is 81.4 cm³/mol. The van der Waals surface area contributed by atoms with Crippen molar-refractivity contribution >= 4 is 5.69 Å². The van der Waals surface area contributed by atoms with Gasteiger partial charge in [-0.15, -0.1) is 0 Å². The van der Waals surface area contributed by atoms with E-state index in [4.69, 9.17) is 5.73 Å². The van der Waals surface area contributed by atoms with Crippen molar-refractivity contribution in [2.45, 2.75) is 50.6 Å². The molecule has 0 aliphatic heterocycles. The van der Waals surface area contributed by atoms with Gasteiger partial charge in [0, 0.05) is 25.3 Å². The Morgan fingerprint density at radius 2 is 1.80 bits per heavy atom. The third kappa shape index (κ3) is 1.79. The largest absolute Gasteiger partial charge is 0.367 e. The summed E-state index contributed by atoms with van der Waals surface area (Å²) >= 11 is 0. The minimum atomic E-state index is 0.391. The molecule has 0 radical (unpaired) electrons. The lowest BCUT2D eigenvalue weighted by molar-refractivity contribution is -0.00208. The molecule has 1 aromatic rings. The molecule has 0 atom stereocenters. The van der Waals surface area contributed by atoms with Gasteiger partial charge in [0.2, 0.25) is 0 Å². The number of aromatic nitrogens is 1. The van der Waals surface area contributed by atoms with Crippen molar-refractivity contribution in [3.05, 3.63) is 24.0 Å². The summed E-state index contributed by atoms with van der Waals surface area (Å²) in [6.07, 6.45) is 12.5. The minimum Gasteiger partial charge on any atom is -0.367 e. The summed E-state index contributed by atoms with van der Waals surface area (Å²) in [4.78, 5) is 6.89. The van der Waals surface area contributed by atoms with Crippen LogP contribution in [0.2, 0.25) is 0 Å². The van der Waals surface area contributed by atoms with Gasteiger partial charge < -0.3 is 10.6 Å². The van der Waals surface area contributed by atoms with Crippen LogP contribution in [0.15, 0.2) is 18.5 Å². The van der Waals surface area contributed by atoms with Crippen LogP contribution in [-0.4, -0.2) is 17.6 Å². The first kappa shape index (κ1) is 12.6. The van der Waals surface area contributed by atoms with Crippen molar-refractivity contribution in [2.24, 2.45) is 23.5 Å². The van der Waals surface area contributed by atoms with E-state index in [1.165, 1.54) is 49.8 Å². The second-order valence-electron chi connectivity index (χ2n) is 7.41. The lowest BCUT2D eigenvalue weighted by Crippen LogP contribution is -2.59. The molecule has 4 bridgehead atoms. The van der Waals surface area contributed by atoms with E-state index in [0.29, 0.717) is 12.1 Å². The van der Waals surface area contributed by atoms with Crippen LogP contribution in [0.3, 0.4) is 0 Å². The Balaban J connectivity index is 1.69. The Morgan fingerprint density at radius 1 is 1.20 bits per heavy atom. The Bertz CT molecular complexity index is 475. The minimum absolute atomic E-state index is 0.391. The second-order valence-corrected chi connectivity index (χ2v) is 7.41. The highest BCUT2D eigenvalue weighted by Crippen LogP contribution is 2.58. The zero-order valence-corrected chi connectivity index (χ0v) is 12.4. The molecule has 0 aromatic carbocycles. The van der Waals surface area contributed by atoms with E-state index < -0.39 is 0 Å². The smallest absolute Gasteiger partial charge is 0.0600 e. The zero-order valence-electron chi connectivity index (χ0n) is 12.4. The standard InChI is InChI=1S/C17H25N3/c1-20(16-11-19-3-2-15(16)10-18)17-7-12-4-13(8-17)6-14(5-12)9-17/h2-3,11-14H,4-10,18H2,1H3. The predicted octanol–water partition coefficient (Wildman–Crippen LogP) is 2.95. The van der Waals surface area contributed by atoms with E-state index in [0.717, 1.165) is 17.8 Å². The maximum absolute atomic E-state index is 5.93. The van der Waals surface area contributed by atoms with Crippen LogP contribution < -0.4 is 10.6 Å². The van der Waals surface area contributed by atoms with Gasteiger partial charge in [-0.05, 0) is 67.9 Å². The molecule has 3 heteroatoms. The van der Waals surface area contributed by atoms with Gasteiger partial charge in [0.15, 0.2) is 0 Å². The molecule has 4 saturated carbocycles. The Kier molecular flexibility index (Phi) is 2.81. The number of hydrogen-bond acceptors (Lipinski definition) is 3. The van der Waals surface area contributed by atoms with Gasteiger partial charge in [-0.3, -0.25) is 4.98 Å². The third-order valence-electron chi connectivity index (χ3n) is 6.19. The van der Waals surface area contributed by atoms with Crippen LogP contribution in [0, 0.1) is 17.8 Å². The van der Waals surface area contributed by atoms with Crippen LogP contribution in [0.4, 0.5) is 5.69 Å². The molecule has 0 saturated heterocycles. The third-order valence-corrected chi connectivity index (χ3v) is 6.19. The van der Waals surface area contributed by atoms with Crippen molar-refractivity contribution in [3.8, 4) is 0 Å². The monoisotopic (exact) mass is 271 g/mol. The summed E-state index contributed by atoms with van der Waals surface area (Å²) in [5.74, 6) is 2.92. The molecule has 108 valence electrons. The van der Waals surface area contributed by atoms with Crippen molar-refractivity contribution in [3.63, 3.8) is 0 Å². The fourth-order valence-corrected chi connectivity index (χ4v) is 5.62. The Labute approximate surface area is 121 Å². The molecule has 1 aromatic heterocycles. The first-order valence-corrected chi connectivity index (χ1v) is 8.07. The molecule has 2 N–H and O–H groups in total. The van der Waals surface area contributed by atoms with Crippen LogP contribution in [0.1, 0.15) is 44.1 Å². The van der Waals surface area contributed by atoms with E-state index in [-0.39, 0.29) is 0 Å². The molecule has 20 heavy (non-hydrogen) atoms. The molecule has 0 unspecified atom stereocenters. The topological polar surface area (TPSA) is 42.2 Å². The molecular weight excluding hydrogens is 246 g/mol. The highest BCUT2D eigenvalue weighted by Gasteiger charge is 2.53. The lowest BCUT2D eigenvalue weighted by atomic mass is 9.52. The fourth-order valence-electron chi connectivity index (χ4n) is 5.62. The average Bonchev–Trinajstić information content (AvgIpc) is 2.45. The molecule has 1 heterocycles. The van der Waals surface area contributed by atoms with Crippen LogP contribution >= 0.6 is 0 Å². The summed E-state index contributed by atoms with van der Waals surface area (Å²) in [5, 5.41) is 0. The van der Waals surface area contributed by atoms with Crippen LogP contribution in [0.5, 0.6) is 0 Å². The van der Waals surface area contributed by atoms with Gasteiger partial charge >= 0.3 is 0 Å². The second kappa shape index (κ2) is 4.45. The van der Waals surface area contributed by atoms with Gasteiger partial charge in [-0.1, -0.05) is 0 Å². The number of nitrogens with zero attached hydrogens (tertiary/aromatic N) is 2. The number of pyridine rings is 1. The molecule has 4 fully saturated rings. The van der Waals surface area contributed by atoms with Crippen molar-refractivity contribution < 1.29 is 0 Å². The first-order chi connectivity index (χ1) is 9.70. The van der Waals surface area contributed by atoms with Crippen molar-refractivity contribution in [1.82, 2.24) is 4.98 Å². The number of hydrogen-bond donors (Lipinski definition) is 1. The fraction of sp³-hybridized carbons (Fsp3) is 0.706. The molecule has 0 spiro atoms. The summed E-state index contributed by atoms with van der Waals surface area (Å²) in [6.45, 7) is 0.606. The molecule has 4 aliphatic rings. The summed E-state index contributed by atoms with van der Waals surface area (Å²) < 4.78 is 0. The summed E-state index contributed by atoms with van der Waals surface area (Å²) in [7, 11) is 2.28. The Hall–Kier alpha value is -1.09. The van der Waals surface area contributed by atoms with E-state index in [1.54, 1.807) is 0 Å². The summed E-state index contributed by atoms with van der Waals surface area (Å²) in [5.41, 5.74) is 8.81. The van der Waals surface area contributed by atoms with Gasteiger partial charge in [0.25, 0.3) is 0 Å². The number of nitrogens with two attached hydrogens (primary N) is 1. The molecule has 3 nitrogen and oxygen atoms in total. The van der Waals surface area contributed by atoms with Crippen LogP contribution in [0.25, 0.3) is 0 Å². The molecule has 0 amide bonds. The maximum Gasteiger partial charge on any atom is 0.0600 e. The van der Waals surface area contributed by atoms with E-state index in [1.807, 2.05) is 12.4 Å². The molecular formula is C17H25N3. The van der Waals surface area contributed by atoms with E-state index in [9.17, 15) is 0 Å². The average molecular weight is 271 g/mol. The van der Waals surface area contributed by atoms with Crippen molar-refractivity contribution in [2.75, 3.05) is 11.9 Å². The highest BCUT2D eigenvalue weighted by atomic mass is 15.2. The first-order valence-electron chi connectivity index (χ1n) is 8.07. The number of anilines is 1. The normalized spacial score (nSPS) is 38.2. The number of rotatable bonds is 3. The summed E-state index contributed by atoms with van der Waals surface area (Å²) in [6, 6.07) is 2.08. The van der Waals surface area contributed by atoms with Gasteiger partial charge in [0.1, 0.15) is 0 Å².